The molecule has 1 aliphatic heterocycles. The molecular formula is C26H32FN3O4S. The van der Waals surface area contributed by atoms with Gasteiger partial charge in [0.05, 0.1) is 4.90 Å². The number of hydrogen-bond acceptors (Lipinski definition) is 4. The number of fused-ring (bicyclic) bond motifs is 1. The third-order valence-electron chi connectivity index (χ3n) is 6.35. The van der Waals surface area contributed by atoms with Gasteiger partial charge >= 0.3 is 6.09 Å². The van der Waals surface area contributed by atoms with E-state index in [2.05, 4.69) is 17.8 Å². The minimum Gasteiger partial charge on any atom is -0.444 e. The zero-order chi connectivity index (χ0) is 25.5. The van der Waals surface area contributed by atoms with E-state index in [0.29, 0.717) is 18.8 Å². The normalized spacial score (nSPS) is 19.1. The maximum absolute atomic E-state index is 13.2. The number of carbonyl (C=O) groups excluding carboxylic acids is 1. The Morgan fingerprint density at radius 1 is 1.14 bits per heavy atom. The molecule has 0 unspecified atom stereocenters. The van der Waals surface area contributed by atoms with Crippen LogP contribution >= 0.6 is 0 Å². The second-order valence-corrected chi connectivity index (χ2v) is 12.0. The molecule has 3 aromatic rings. The summed E-state index contributed by atoms with van der Waals surface area (Å²) in [6.07, 6.45) is 2.58. The van der Waals surface area contributed by atoms with Crippen LogP contribution in [0.2, 0.25) is 0 Å². The highest BCUT2D eigenvalue weighted by Crippen LogP contribution is 2.39. The molecule has 0 radical (unpaired) electrons. The topological polar surface area (TPSA) is 80.6 Å². The van der Waals surface area contributed by atoms with Crippen LogP contribution in [0.3, 0.4) is 0 Å². The molecule has 1 fully saturated rings. The Morgan fingerprint density at radius 3 is 2.46 bits per heavy atom. The van der Waals surface area contributed by atoms with Gasteiger partial charge < -0.3 is 14.2 Å². The summed E-state index contributed by atoms with van der Waals surface area (Å²) in [4.78, 5) is 14.3. The Kier molecular flexibility index (Phi) is 6.57. The Balaban J connectivity index is 1.58. The number of carbonyl (C=O) groups is 1. The van der Waals surface area contributed by atoms with Gasteiger partial charge in [-0.15, -0.1) is 0 Å². The zero-order valence-electron chi connectivity index (χ0n) is 20.7. The van der Waals surface area contributed by atoms with E-state index in [9.17, 15) is 17.6 Å². The SMILES string of the molecule is C[C@H]1CN(C(=O)OC(C)(C)C)CC[C@H]1c1cn(C)c2ccc(NS(=O)(=O)c3ccc(F)cc3)cc12. The van der Waals surface area contributed by atoms with Crippen LogP contribution in [0, 0.1) is 11.7 Å². The average molecular weight is 502 g/mol. The lowest BCUT2D eigenvalue weighted by atomic mass is 9.81. The number of likely N-dealkylation sites (tertiary alicyclic amines) is 1. The van der Waals surface area contributed by atoms with Gasteiger partial charge in [0.25, 0.3) is 10.0 Å². The number of nitrogens with zero attached hydrogens (tertiary/aromatic N) is 2. The van der Waals surface area contributed by atoms with Crippen LogP contribution in [0.4, 0.5) is 14.9 Å². The average Bonchev–Trinajstić information content (AvgIpc) is 3.08. The maximum Gasteiger partial charge on any atom is 0.410 e. The number of aromatic nitrogens is 1. The van der Waals surface area contributed by atoms with Gasteiger partial charge in [0.2, 0.25) is 0 Å². The standard InChI is InChI=1S/C26H32FN3O4S/c1-17-15-30(25(31)34-26(2,3)4)13-12-21(17)23-16-29(5)24-11-8-19(14-22(23)24)28-35(32,33)20-9-6-18(27)7-10-20/h6-11,14,16-17,21,28H,12-13,15H2,1-5H3/t17-,21+/m0/s1. The summed E-state index contributed by atoms with van der Waals surface area (Å²) < 4.78 is 49.0. The Bertz CT molecular complexity index is 1340. The van der Waals surface area contributed by atoms with Crippen LogP contribution in [0.5, 0.6) is 0 Å². The van der Waals surface area contributed by atoms with Crippen molar-refractivity contribution in [3.63, 3.8) is 0 Å². The van der Waals surface area contributed by atoms with Crippen LogP contribution in [0.1, 0.15) is 45.6 Å². The maximum atomic E-state index is 13.2. The monoisotopic (exact) mass is 501 g/mol. The molecular weight excluding hydrogens is 469 g/mol. The molecule has 0 spiro atoms. The lowest BCUT2D eigenvalue weighted by molar-refractivity contribution is 0.0155. The van der Waals surface area contributed by atoms with Crippen LogP contribution in [-0.2, 0) is 21.8 Å². The fraction of sp³-hybridized carbons (Fsp3) is 0.423. The van der Waals surface area contributed by atoms with Crippen molar-refractivity contribution in [3.05, 3.63) is 60.0 Å². The first-order valence-electron chi connectivity index (χ1n) is 11.7. The van der Waals surface area contributed by atoms with Crippen molar-refractivity contribution in [2.24, 2.45) is 13.0 Å². The van der Waals surface area contributed by atoms with E-state index in [1.54, 1.807) is 11.0 Å². The highest BCUT2D eigenvalue weighted by Gasteiger charge is 2.33. The van der Waals surface area contributed by atoms with Crippen molar-refractivity contribution >= 4 is 32.7 Å². The first kappa shape index (κ1) is 25.0. The highest BCUT2D eigenvalue weighted by atomic mass is 32.2. The second kappa shape index (κ2) is 9.18. The molecule has 2 heterocycles. The fourth-order valence-electron chi connectivity index (χ4n) is 4.71. The molecule has 1 saturated heterocycles. The number of rotatable bonds is 4. The van der Waals surface area contributed by atoms with Gasteiger partial charge in [-0.05, 0) is 87.1 Å². The molecule has 0 saturated carbocycles. The van der Waals surface area contributed by atoms with Crippen molar-refractivity contribution in [1.29, 1.82) is 0 Å². The third kappa shape index (κ3) is 5.45. The Labute approximate surface area is 205 Å². The molecule has 1 N–H and O–H groups in total. The molecule has 1 aliphatic rings. The second-order valence-electron chi connectivity index (χ2n) is 10.3. The van der Waals surface area contributed by atoms with Gasteiger partial charge in [0.15, 0.2) is 0 Å². The van der Waals surface area contributed by atoms with E-state index >= 15 is 0 Å². The summed E-state index contributed by atoms with van der Waals surface area (Å²) in [5.74, 6) is -0.0890. The quantitative estimate of drug-likeness (QED) is 0.513. The summed E-state index contributed by atoms with van der Waals surface area (Å²) in [6.45, 7) is 8.89. The first-order chi connectivity index (χ1) is 16.3. The van der Waals surface area contributed by atoms with Gasteiger partial charge in [0.1, 0.15) is 11.4 Å². The lowest BCUT2D eigenvalue weighted by Gasteiger charge is -2.37. The van der Waals surface area contributed by atoms with Crippen molar-refractivity contribution < 1.29 is 22.3 Å². The number of aryl methyl sites for hydroxylation is 1. The molecule has 7 nitrogen and oxygen atoms in total. The van der Waals surface area contributed by atoms with Gasteiger partial charge in [0, 0.05) is 42.9 Å². The van der Waals surface area contributed by atoms with E-state index < -0.39 is 21.4 Å². The lowest BCUT2D eigenvalue weighted by Crippen LogP contribution is -2.44. The van der Waals surface area contributed by atoms with E-state index in [1.165, 1.54) is 12.1 Å². The van der Waals surface area contributed by atoms with E-state index in [0.717, 1.165) is 35.0 Å². The molecule has 9 heteroatoms. The molecule has 1 amide bonds. The molecule has 188 valence electrons. The van der Waals surface area contributed by atoms with Crippen molar-refractivity contribution in [3.8, 4) is 0 Å². The van der Waals surface area contributed by atoms with E-state index in [1.807, 2.05) is 44.5 Å². The predicted molar refractivity (Wildman–Crippen MR) is 134 cm³/mol. The minimum absolute atomic E-state index is 0.00424. The summed E-state index contributed by atoms with van der Waals surface area (Å²) >= 11 is 0. The number of anilines is 1. The summed E-state index contributed by atoms with van der Waals surface area (Å²) in [5, 5.41) is 0.967. The largest absolute Gasteiger partial charge is 0.444 e. The van der Waals surface area contributed by atoms with Crippen molar-refractivity contribution in [2.75, 3.05) is 17.8 Å². The molecule has 2 atom stereocenters. The van der Waals surface area contributed by atoms with Crippen LogP contribution in [-0.4, -0.2) is 42.7 Å². The number of amides is 1. The fourth-order valence-corrected chi connectivity index (χ4v) is 5.76. The van der Waals surface area contributed by atoms with Crippen molar-refractivity contribution in [2.45, 2.75) is 50.5 Å². The molecule has 0 aliphatic carbocycles. The third-order valence-corrected chi connectivity index (χ3v) is 7.75. The Morgan fingerprint density at radius 2 is 1.83 bits per heavy atom. The van der Waals surface area contributed by atoms with Crippen LogP contribution < -0.4 is 4.72 Å². The van der Waals surface area contributed by atoms with Crippen LogP contribution in [0.25, 0.3) is 10.9 Å². The molecule has 4 rings (SSSR count). The number of benzene rings is 2. The zero-order valence-corrected chi connectivity index (χ0v) is 21.5. The smallest absolute Gasteiger partial charge is 0.410 e. The first-order valence-corrected chi connectivity index (χ1v) is 13.2. The van der Waals surface area contributed by atoms with Gasteiger partial charge in [-0.2, -0.15) is 0 Å². The van der Waals surface area contributed by atoms with Crippen molar-refractivity contribution in [1.82, 2.24) is 9.47 Å². The number of halogens is 1. The number of piperidine rings is 1. The summed E-state index contributed by atoms with van der Waals surface area (Å²) in [7, 11) is -1.89. The van der Waals surface area contributed by atoms with E-state index in [-0.39, 0.29) is 22.8 Å². The van der Waals surface area contributed by atoms with E-state index in [4.69, 9.17) is 4.74 Å². The predicted octanol–water partition coefficient (Wildman–Crippen LogP) is 5.48. The molecule has 2 aromatic carbocycles. The Hall–Kier alpha value is -3.07. The number of sulfonamides is 1. The summed E-state index contributed by atoms with van der Waals surface area (Å²) in [6, 6.07) is 10.2. The van der Waals surface area contributed by atoms with Crippen LogP contribution in [0.15, 0.2) is 53.6 Å². The molecule has 0 bridgehead atoms. The molecule has 35 heavy (non-hydrogen) atoms. The minimum atomic E-state index is -3.85. The number of nitrogens with one attached hydrogen (secondary N) is 1. The number of hydrogen-bond donors (Lipinski definition) is 1. The number of ether oxygens (including phenoxy) is 1. The van der Waals surface area contributed by atoms with Gasteiger partial charge in [-0.25, -0.2) is 17.6 Å². The van der Waals surface area contributed by atoms with Gasteiger partial charge in [-0.1, -0.05) is 6.92 Å². The highest BCUT2D eigenvalue weighted by molar-refractivity contribution is 7.92. The molecule has 1 aromatic heterocycles. The summed E-state index contributed by atoms with van der Waals surface area (Å²) in [5.41, 5.74) is 2.02. The van der Waals surface area contributed by atoms with Gasteiger partial charge in [-0.3, -0.25) is 4.72 Å².